The fourth-order valence-electron chi connectivity index (χ4n) is 1.99. The molecule has 0 bridgehead atoms. The number of halogens is 2. The number of aliphatic hydroxyl groups excluding tert-OH is 1. The minimum Gasteiger partial charge on any atom is -0.491 e. The molecular formula is C17H19F2NO2. The summed E-state index contributed by atoms with van der Waals surface area (Å²) >= 11 is 0. The number of nitrogens with one attached hydrogen (secondary N) is 1. The third-order valence-electron chi connectivity index (χ3n) is 3.26. The molecule has 0 spiro atoms. The maximum Gasteiger partial charge on any atom is 0.123 e. The van der Waals surface area contributed by atoms with Crippen molar-refractivity contribution in [3.63, 3.8) is 0 Å². The molecule has 0 saturated heterocycles. The SMILES string of the molecule is CC(NCC(O)COc1ccc(F)cc1)c1cccc(F)c1. The van der Waals surface area contributed by atoms with Crippen LogP contribution in [-0.2, 0) is 0 Å². The summed E-state index contributed by atoms with van der Waals surface area (Å²) in [6.07, 6.45) is -0.721. The van der Waals surface area contributed by atoms with E-state index in [1.807, 2.05) is 13.0 Å². The number of hydrogen-bond donors (Lipinski definition) is 2. The Hall–Kier alpha value is -1.98. The molecule has 0 fully saturated rings. The molecule has 0 aliphatic heterocycles. The van der Waals surface area contributed by atoms with Crippen LogP contribution in [0.1, 0.15) is 18.5 Å². The second-order valence-electron chi connectivity index (χ2n) is 5.10. The van der Waals surface area contributed by atoms with Crippen LogP contribution in [0.3, 0.4) is 0 Å². The summed E-state index contributed by atoms with van der Waals surface area (Å²) in [7, 11) is 0. The molecule has 2 unspecified atom stereocenters. The molecule has 118 valence electrons. The standard InChI is InChI=1S/C17H19F2NO2/c1-12(13-3-2-4-15(19)9-13)20-10-16(21)11-22-17-7-5-14(18)6-8-17/h2-9,12,16,20-21H,10-11H2,1H3. The van der Waals surface area contributed by atoms with Gasteiger partial charge in [0.25, 0.3) is 0 Å². The predicted molar refractivity (Wildman–Crippen MR) is 80.7 cm³/mol. The molecule has 5 heteroatoms. The second-order valence-corrected chi connectivity index (χ2v) is 5.10. The zero-order valence-electron chi connectivity index (χ0n) is 12.3. The van der Waals surface area contributed by atoms with Gasteiger partial charge in [-0.25, -0.2) is 8.78 Å². The van der Waals surface area contributed by atoms with Crippen molar-refractivity contribution >= 4 is 0 Å². The summed E-state index contributed by atoms with van der Waals surface area (Å²) in [4.78, 5) is 0. The van der Waals surface area contributed by atoms with Crippen molar-refractivity contribution in [2.24, 2.45) is 0 Å². The van der Waals surface area contributed by atoms with E-state index in [-0.39, 0.29) is 24.3 Å². The normalized spacial score (nSPS) is 13.6. The molecule has 22 heavy (non-hydrogen) atoms. The smallest absolute Gasteiger partial charge is 0.123 e. The first-order chi connectivity index (χ1) is 10.5. The zero-order valence-corrected chi connectivity index (χ0v) is 12.3. The van der Waals surface area contributed by atoms with Crippen LogP contribution in [0.4, 0.5) is 8.78 Å². The van der Waals surface area contributed by atoms with Gasteiger partial charge in [-0.15, -0.1) is 0 Å². The summed E-state index contributed by atoms with van der Waals surface area (Å²) in [5.74, 6) is -0.122. The van der Waals surface area contributed by atoms with Crippen LogP contribution >= 0.6 is 0 Å². The minimum atomic E-state index is -0.721. The third kappa shape index (κ3) is 5.09. The maximum atomic E-state index is 13.1. The van der Waals surface area contributed by atoms with Crippen molar-refractivity contribution in [1.29, 1.82) is 0 Å². The van der Waals surface area contributed by atoms with Gasteiger partial charge < -0.3 is 15.2 Å². The van der Waals surface area contributed by atoms with Crippen LogP contribution in [0.5, 0.6) is 5.75 Å². The molecule has 0 aliphatic rings. The van der Waals surface area contributed by atoms with E-state index in [4.69, 9.17) is 4.74 Å². The summed E-state index contributed by atoms with van der Waals surface area (Å²) in [6.45, 7) is 2.29. The molecular weight excluding hydrogens is 288 g/mol. The lowest BCUT2D eigenvalue weighted by atomic mass is 10.1. The molecule has 0 saturated carbocycles. The van der Waals surface area contributed by atoms with Crippen LogP contribution in [0, 0.1) is 11.6 Å². The first kappa shape index (κ1) is 16.4. The van der Waals surface area contributed by atoms with E-state index in [0.29, 0.717) is 12.3 Å². The summed E-state index contributed by atoms with van der Waals surface area (Å²) in [5.41, 5.74) is 0.812. The van der Waals surface area contributed by atoms with Crippen molar-refractivity contribution in [1.82, 2.24) is 5.32 Å². The van der Waals surface area contributed by atoms with Gasteiger partial charge >= 0.3 is 0 Å². The molecule has 2 rings (SSSR count). The molecule has 2 N–H and O–H groups in total. The lowest BCUT2D eigenvalue weighted by molar-refractivity contribution is 0.104. The second kappa shape index (κ2) is 7.87. The first-order valence-corrected chi connectivity index (χ1v) is 7.10. The molecule has 2 atom stereocenters. The Labute approximate surface area is 128 Å². The summed E-state index contributed by atoms with van der Waals surface area (Å²) < 4.78 is 31.2. The number of hydrogen-bond acceptors (Lipinski definition) is 3. The van der Waals surface area contributed by atoms with Gasteiger partial charge in [0, 0.05) is 12.6 Å². The molecule has 2 aromatic carbocycles. The third-order valence-corrected chi connectivity index (χ3v) is 3.26. The highest BCUT2D eigenvalue weighted by Crippen LogP contribution is 2.14. The quantitative estimate of drug-likeness (QED) is 0.826. The topological polar surface area (TPSA) is 41.5 Å². The predicted octanol–water partition coefficient (Wildman–Crippen LogP) is 3.06. The average molecular weight is 307 g/mol. The Balaban J connectivity index is 1.75. The number of aliphatic hydroxyl groups is 1. The van der Waals surface area contributed by atoms with Gasteiger partial charge in [0.1, 0.15) is 30.1 Å². The van der Waals surface area contributed by atoms with Gasteiger partial charge in [-0.3, -0.25) is 0 Å². The minimum absolute atomic E-state index is 0.0869. The van der Waals surface area contributed by atoms with Crippen LogP contribution in [0.15, 0.2) is 48.5 Å². The van der Waals surface area contributed by atoms with E-state index in [0.717, 1.165) is 5.56 Å². The van der Waals surface area contributed by atoms with E-state index in [9.17, 15) is 13.9 Å². The van der Waals surface area contributed by atoms with E-state index in [2.05, 4.69) is 5.32 Å². The number of rotatable bonds is 7. The van der Waals surface area contributed by atoms with Crippen molar-refractivity contribution in [2.75, 3.05) is 13.2 Å². The highest BCUT2D eigenvalue weighted by atomic mass is 19.1. The molecule has 3 nitrogen and oxygen atoms in total. The fraction of sp³-hybridized carbons (Fsp3) is 0.294. The van der Waals surface area contributed by atoms with Gasteiger partial charge in [-0.1, -0.05) is 12.1 Å². The highest BCUT2D eigenvalue weighted by Gasteiger charge is 2.10. The van der Waals surface area contributed by atoms with Crippen molar-refractivity contribution in [2.45, 2.75) is 19.1 Å². The lowest BCUT2D eigenvalue weighted by Crippen LogP contribution is -2.33. The van der Waals surface area contributed by atoms with Crippen molar-refractivity contribution in [3.05, 3.63) is 65.7 Å². The zero-order chi connectivity index (χ0) is 15.9. The number of benzene rings is 2. The molecule has 0 aliphatic carbocycles. The van der Waals surface area contributed by atoms with Crippen LogP contribution in [-0.4, -0.2) is 24.4 Å². The average Bonchev–Trinajstić information content (AvgIpc) is 2.52. The maximum absolute atomic E-state index is 13.1. The van der Waals surface area contributed by atoms with Gasteiger partial charge in [-0.05, 0) is 48.9 Å². The molecule has 0 heterocycles. The van der Waals surface area contributed by atoms with Gasteiger partial charge in [0.05, 0.1) is 0 Å². The first-order valence-electron chi connectivity index (χ1n) is 7.10. The van der Waals surface area contributed by atoms with E-state index in [1.165, 1.54) is 36.4 Å². The van der Waals surface area contributed by atoms with Crippen LogP contribution < -0.4 is 10.1 Å². The van der Waals surface area contributed by atoms with Gasteiger partial charge in [0.15, 0.2) is 0 Å². The Morgan fingerprint density at radius 1 is 1.09 bits per heavy atom. The summed E-state index contributed by atoms with van der Waals surface area (Å²) in [6, 6.07) is 11.8. The van der Waals surface area contributed by atoms with E-state index >= 15 is 0 Å². The Morgan fingerprint density at radius 3 is 2.50 bits per heavy atom. The molecule has 0 amide bonds. The van der Waals surface area contributed by atoms with E-state index < -0.39 is 6.10 Å². The van der Waals surface area contributed by atoms with Crippen molar-refractivity contribution in [3.8, 4) is 5.75 Å². The Bertz CT molecular complexity index is 589. The molecule has 0 aromatic heterocycles. The summed E-state index contributed by atoms with van der Waals surface area (Å²) in [5, 5.41) is 13.0. The highest BCUT2D eigenvalue weighted by molar-refractivity contribution is 5.22. The largest absolute Gasteiger partial charge is 0.491 e. The van der Waals surface area contributed by atoms with Crippen LogP contribution in [0.25, 0.3) is 0 Å². The Kier molecular flexibility index (Phi) is 5.86. The lowest BCUT2D eigenvalue weighted by Gasteiger charge is -2.18. The van der Waals surface area contributed by atoms with Gasteiger partial charge in [0.2, 0.25) is 0 Å². The molecule has 2 aromatic rings. The van der Waals surface area contributed by atoms with E-state index in [1.54, 1.807) is 6.07 Å². The van der Waals surface area contributed by atoms with Crippen LogP contribution in [0.2, 0.25) is 0 Å². The molecule has 0 radical (unpaired) electrons. The monoisotopic (exact) mass is 307 g/mol. The van der Waals surface area contributed by atoms with Gasteiger partial charge in [-0.2, -0.15) is 0 Å². The number of ether oxygens (including phenoxy) is 1. The van der Waals surface area contributed by atoms with Crippen molar-refractivity contribution < 1.29 is 18.6 Å². The Morgan fingerprint density at radius 2 is 1.82 bits per heavy atom. The fourth-order valence-corrected chi connectivity index (χ4v) is 1.99.